The minimum Gasteiger partial charge on any atom is -0.493 e. The summed E-state index contributed by atoms with van der Waals surface area (Å²) in [6.07, 6.45) is 1.98. The van der Waals surface area contributed by atoms with Gasteiger partial charge >= 0.3 is 5.97 Å². The van der Waals surface area contributed by atoms with Gasteiger partial charge in [-0.2, -0.15) is 0 Å². The summed E-state index contributed by atoms with van der Waals surface area (Å²) in [4.78, 5) is 12.9. The van der Waals surface area contributed by atoms with E-state index in [1.54, 1.807) is 0 Å². The molecule has 0 spiro atoms. The number of aryl methyl sites for hydroxylation is 2. The SMILES string of the molecule is O=C(O)c1c(CCCOc2cccc3ccccc23)c2cccc3c2n1CCC[S@]3=O. The quantitative estimate of drug-likeness (QED) is 0.434. The molecule has 2 heterocycles. The second-order valence-electron chi connectivity index (χ2n) is 7.77. The number of ether oxygens (including phenoxy) is 1. The van der Waals surface area contributed by atoms with Crippen molar-refractivity contribution in [1.82, 2.24) is 4.57 Å². The van der Waals surface area contributed by atoms with Gasteiger partial charge in [0, 0.05) is 23.1 Å². The molecule has 5 nitrogen and oxygen atoms in total. The van der Waals surface area contributed by atoms with Crippen LogP contribution in [0.2, 0.25) is 0 Å². The Morgan fingerprint density at radius 1 is 1.03 bits per heavy atom. The summed E-state index contributed by atoms with van der Waals surface area (Å²) in [7, 11) is -1.10. The Bertz CT molecular complexity index is 1320. The lowest BCUT2D eigenvalue weighted by Crippen LogP contribution is -2.11. The maximum atomic E-state index is 12.6. The minimum atomic E-state index is -1.10. The Kier molecular flexibility index (Phi) is 5.24. The van der Waals surface area contributed by atoms with Crippen molar-refractivity contribution in [2.45, 2.75) is 30.7 Å². The molecule has 1 N–H and O–H groups in total. The second-order valence-corrected chi connectivity index (χ2v) is 9.31. The zero-order valence-corrected chi connectivity index (χ0v) is 17.9. The van der Waals surface area contributed by atoms with Crippen LogP contribution in [0.25, 0.3) is 21.7 Å². The van der Waals surface area contributed by atoms with E-state index in [1.807, 2.05) is 53.1 Å². The number of fused-ring (bicyclic) bond motifs is 1. The highest BCUT2D eigenvalue weighted by Gasteiger charge is 2.26. The van der Waals surface area contributed by atoms with Crippen LogP contribution >= 0.6 is 0 Å². The topological polar surface area (TPSA) is 68.5 Å². The molecular formula is C25H23NO4S. The Hall–Kier alpha value is -3.12. The lowest BCUT2D eigenvalue weighted by Gasteiger charge is -2.10. The minimum absolute atomic E-state index is 0.325. The Morgan fingerprint density at radius 2 is 1.81 bits per heavy atom. The first-order chi connectivity index (χ1) is 15.1. The first-order valence-corrected chi connectivity index (χ1v) is 11.8. The molecule has 0 fully saturated rings. The summed E-state index contributed by atoms with van der Waals surface area (Å²) >= 11 is 0. The van der Waals surface area contributed by atoms with Crippen LogP contribution in [0.5, 0.6) is 5.75 Å². The summed E-state index contributed by atoms with van der Waals surface area (Å²) < 4.78 is 20.6. The normalized spacial score (nSPS) is 15.8. The molecule has 0 amide bonds. The fourth-order valence-electron chi connectivity index (χ4n) is 4.57. The summed E-state index contributed by atoms with van der Waals surface area (Å²) in [6, 6.07) is 19.8. The summed E-state index contributed by atoms with van der Waals surface area (Å²) in [5, 5.41) is 13.1. The van der Waals surface area contributed by atoms with Gasteiger partial charge in [0.05, 0.1) is 27.8 Å². The number of hydrogen-bond acceptors (Lipinski definition) is 3. The number of hydrogen-bond donors (Lipinski definition) is 1. The fourth-order valence-corrected chi connectivity index (χ4v) is 5.85. The highest BCUT2D eigenvalue weighted by Crippen LogP contribution is 2.34. The van der Waals surface area contributed by atoms with Crippen LogP contribution in [-0.4, -0.2) is 32.2 Å². The predicted octanol–water partition coefficient (Wildman–Crippen LogP) is 5.02. The molecule has 0 saturated carbocycles. The molecule has 0 saturated heterocycles. The van der Waals surface area contributed by atoms with Crippen LogP contribution in [0.4, 0.5) is 0 Å². The van der Waals surface area contributed by atoms with E-state index in [0.717, 1.165) is 37.9 Å². The van der Waals surface area contributed by atoms with E-state index in [2.05, 4.69) is 12.1 Å². The number of carboxylic acid groups (broad SMARTS) is 1. The van der Waals surface area contributed by atoms with Gasteiger partial charge < -0.3 is 14.4 Å². The molecule has 1 aromatic heterocycles. The molecule has 4 aromatic rings. The molecule has 1 aliphatic rings. The average Bonchev–Trinajstić information content (AvgIpc) is 3.00. The predicted molar refractivity (Wildman–Crippen MR) is 123 cm³/mol. The lowest BCUT2D eigenvalue weighted by atomic mass is 10.1. The van der Waals surface area contributed by atoms with E-state index in [0.29, 0.717) is 43.9 Å². The van der Waals surface area contributed by atoms with Gasteiger partial charge in [-0.05, 0) is 42.3 Å². The monoisotopic (exact) mass is 433 g/mol. The van der Waals surface area contributed by atoms with Crippen molar-refractivity contribution in [3.63, 3.8) is 0 Å². The first kappa shape index (κ1) is 19.8. The van der Waals surface area contributed by atoms with Crippen LogP contribution in [0, 0.1) is 0 Å². The Balaban J connectivity index is 1.43. The van der Waals surface area contributed by atoms with Crippen LogP contribution in [0.15, 0.2) is 65.6 Å². The van der Waals surface area contributed by atoms with Gasteiger partial charge in [0.2, 0.25) is 0 Å². The number of aromatic carboxylic acids is 1. The molecule has 3 aromatic carbocycles. The van der Waals surface area contributed by atoms with Crippen molar-refractivity contribution in [2.75, 3.05) is 12.4 Å². The van der Waals surface area contributed by atoms with Gasteiger partial charge in [-0.3, -0.25) is 4.21 Å². The standard InChI is InChI=1S/C25H23NO4S/c27-25(28)24-20(19-10-4-13-22-23(19)26(24)14-6-16-31(22)29)11-5-15-30-21-12-3-8-17-7-1-2-9-18(17)21/h1-4,7-10,12-13H,5-6,11,14-16H2,(H,27,28)/t31-/m1/s1. The van der Waals surface area contributed by atoms with E-state index < -0.39 is 16.8 Å². The van der Waals surface area contributed by atoms with Gasteiger partial charge in [-0.1, -0.05) is 48.5 Å². The Morgan fingerprint density at radius 3 is 2.68 bits per heavy atom. The summed E-state index contributed by atoms with van der Waals surface area (Å²) in [6.45, 7) is 1.07. The van der Waals surface area contributed by atoms with Gasteiger partial charge in [-0.15, -0.1) is 0 Å². The molecular weight excluding hydrogens is 410 g/mol. The third-order valence-corrected chi connectivity index (χ3v) is 7.37. The molecule has 1 atom stereocenters. The van der Waals surface area contributed by atoms with Crippen molar-refractivity contribution in [2.24, 2.45) is 0 Å². The summed E-state index contributed by atoms with van der Waals surface area (Å²) in [5.74, 6) is 0.472. The van der Waals surface area contributed by atoms with Crippen LogP contribution in [0.3, 0.4) is 0 Å². The van der Waals surface area contributed by atoms with Gasteiger partial charge in [0.1, 0.15) is 11.4 Å². The molecule has 5 rings (SSSR count). The molecule has 31 heavy (non-hydrogen) atoms. The highest BCUT2D eigenvalue weighted by atomic mass is 32.2. The van der Waals surface area contributed by atoms with Crippen molar-refractivity contribution >= 4 is 38.4 Å². The van der Waals surface area contributed by atoms with E-state index in [-0.39, 0.29) is 0 Å². The number of nitrogens with zero attached hydrogens (tertiary/aromatic N) is 1. The maximum absolute atomic E-state index is 12.6. The van der Waals surface area contributed by atoms with E-state index in [9.17, 15) is 14.1 Å². The lowest BCUT2D eigenvalue weighted by molar-refractivity contribution is 0.0684. The molecule has 0 aliphatic carbocycles. The number of rotatable bonds is 6. The zero-order valence-electron chi connectivity index (χ0n) is 17.0. The van der Waals surface area contributed by atoms with Gasteiger partial charge in [0.25, 0.3) is 0 Å². The third kappa shape index (κ3) is 3.51. The number of aromatic nitrogens is 1. The molecule has 0 radical (unpaired) electrons. The van der Waals surface area contributed by atoms with Crippen LogP contribution < -0.4 is 4.74 Å². The fraction of sp³-hybridized carbons (Fsp3) is 0.240. The molecule has 0 bridgehead atoms. The number of carboxylic acids is 1. The molecule has 158 valence electrons. The summed E-state index contributed by atoms with van der Waals surface area (Å²) in [5.41, 5.74) is 1.96. The van der Waals surface area contributed by atoms with Crippen molar-refractivity contribution in [1.29, 1.82) is 0 Å². The first-order valence-electron chi connectivity index (χ1n) is 10.5. The van der Waals surface area contributed by atoms with Gasteiger partial charge in [-0.25, -0.2) is 4.79 Å². The largest absolute Gasteiger partial charge is 0.493 e. The van der Waals surface area contributed by atoms with Crippen LogP contribution in [-0.2, 0) is 23.8 Å². The van der Waals surface area contributed by atoms with E-state index in [4.69, 9.17) is 4.74 Å². The van der Waals surface area contributed by atoms with Crippen molar-refractivity contribution in [3.8, 4) is 5.75 Å². The second kappa shape index (κ2) is 8.19. The van der Waals surface area contributed by atoms with Gasteiger partial charge in [0.15, 0.2) is 0 Å². The Labute approximate surface area is 182 Å². The van der Waals surface area contributed by atoms with Crippen LogP contribution in [0.1, 0.15) is 28.9 Å². The zero-order chi connectivity index (χ0) is 21.4. The van der Waals surface area contributed by atoms with Crippen molar-refractivity contribution < 1.29 is 18.8 Å². The maximum Gasteiger partial charge on any atom is 0.352 e. The van der Waals surface area contributed by atoms with Crippen molar-refractivity contribution in [3.05, 3.63) is 71.9 Å². The number of benzene rings is 3. The smallest absolute Gasteiger partial charge is 0.352 e. The third-order valence-electron chi connectivity index (χ3n) is 5.89. The highest BCUT2D eigenvalue weighted by molar-refractivity contribution is 7.85. The number of carbonyl (C=O) groups is 1. The van der Waals surface area contributed by atoms with E-state index in [1.165, 1.54) is 0 Å². The average molecular weight is 434 g/mol. The molecule has 1 aliphatic heterocycles. The molecule has 0 unspecified atom stereocenters. The number of para-hydroxylation sites is 1. The molecule has 6 heteroatoms. The van der Waals surface area contributed by atoms with E-state index >= 15 is 0 Å².